The summed E-state index contributed by atoms with van der Waals surface area (Å²) in [4.78, 5) is 30.6. The maximum Gasteiger partial charge on any atom is 0.258 e. The first-order valence-corrected chi connectivity index (χ1v) is 11.8. The predicted molar refractivity (Wildman–Crippen MR) is 140 cm³/mol. The van der Waals surface area contributed by atoms with Crippen molar-refractivity contribution in [1.82, 2.24) is 15.0 Å². The predicted octanol–water partition coefficient (Wildman–Crippen LogP) is 4.86. The molecule has 0 spiro atoms. The van der Waals surface area contributed by atoms with Crippen LogP contribution >= 0.6 is 0 Å². The summed E-state index contributed by atoms with van der Waals surface area (Å²) < 4.78 is 4.98. The molecule has 0 saturated carbocycles. The Kier molecular flexibility index (Phi) is 5.75. The molecule has 1 aliphatic rings. The third-order valence-electron chi connectivity index (χ3n) is 6.42. The van der Waals surface area contributed by atoms with Crippen LogP contribution < -0.4 is 15.1 Å². The molecule has 4 heterocycles. The zero-order chi connectivity index (χ0) is 24.3. The number of amides is 1. The maximum atomic E-state index is 12.2. The van der Waals surface area contributed by atoms with E-state index in [2.05, 4.69) is 31.2 Å². The van der Waals surface area contributed by atoms with Crippen LogP contribution in [-0.4, -0.2) is 47.0 Å². The van der Waals surface area contributed by atoms with Gasteiger partial charge in [0, 0.05) is 49.9 Å². The molecule has 1 fully saturated rings. The molecule has 36 heavy (non-hydrogen) atoms. The van der Waals surface area contributed by atoms with E-state index < -0.39 is 0 Å². The molecule has 6 rings (SSSR count). The van der Waals surface area contributed by atoms with Gasteiger partial charge in [0.1, 0.15) is 12.1 Å². The van der Waals surface area contributed by atoms with Gasteiger partial charge in [-0.1, -0.05) is 18.2 Å². The summed E-state index contributed by atoms with van der Waals surface area (Å²) in [6.45, 7) is 3.61. The topological polar surface area (TPSA) is 87.4 Å². The minimum atomic E-state index is -0.202. The molecule has 1 amide bonds. The monoisotopic (exact) mass is 476 g/mol. The van der Waals surface area contributed by atoms with Crippen molar-refractivity contribution in [2.75, 3.05) is 41.3 Å². The van der Waals surface area contributed by atoms with Gasteiger partial charge in [-0.3, -0.25) is 14.8 Å². The number of hydrogen-bond acceptors (Lipinski definition) is 7. The largest absolute Gasteiger partial charge is 0.472 e. The molecule has 0 bridgehead atoms. The lowest BCUT2D eigenvalue weighted by Crippen LogP contribution is -2.46. The first kappa shape index (κ1) is 21.8. The number of carbonyl (C=O) groups excluding carboxylic acids is 1. The van der Waals surface area contributed by atoms with Crippen LogP contribution in [-0.2, 0) is 0 Å². The van der Waals surface area contributed by atoms with E-state index in [1.807, 2.05) is 67.1 Å². The molecule has 0 atom stereocenters. The van der Waals surface area contributed by atoms with Crippen molar-refractivity contribution >= 4 is 34.1 Å². The van der Waals surface area contributed by atoms with E-state index >= 15 is 0 Å². The molecule has 5 aromatic rings. The average Bonchev–Trinajstić information content (AvgIpc) is 3.49. The van der Waals surface area contributed by atoms with Crippen LogP contribution in [0.25, 0.3) is 22.2 Å². The Balaban J connectivity index is 1.17. The molecular formula is C28H24N6O2. The smallest absolute Gasteiger partial charge is 0.258 e. The SMILES string of the molecule is O=C(Nc1ccc(-c2ccc3ncc(N4CCN(c5ccncc5)CC4)nc3c2)cc1)c1ccoc1. The van der Waals surface area contributed by atoms with Crippen molar-refractivity contribution in [2.24, 2.45) is 0 Å². The number of rotatable bonds is 5. The lowest BCUT2D eigenvalue weighted by atomic mass is 10.0. The van der Waals surface area contributed by atoms with Gasteiger partial charge in [0.25, 0.3) is 5.91 Å². The molecule has 0 unspecified atom stereocenters. The van der Waals surface area contributed by atoms with Crippen LogP contribution in [0.5, 0.6) is 0 Å². The van der Waals surface area contributed by atoms with Gasteiger partial charge in [-0.15, -0.1) is 0 Å². The fourth-order valence-corrected chi connectivity index (χ4v) is 4.43. The number of piperazine rings is 1. The number of nitrogens with zero attached hydrogens (tertiary/aromatic N) is 5. The Hall–Kier alpha value is -4.72. The van der Waals surface area contributed by atoms with E-state index in [9.17, 15) is 4.79 Å². The quantitative estimate of drug-likeness (QED) is 0.387. The first-order valence-electron chi connectivity index (χ1n) is 11.8. The molecule has 1 N–H and O–H groups in total. The molecule has 3 aromatic heterocycles. The van der Waals surface area contributed by atoms with E-state index in [-0.39, 0.29) is 5.91 Å². The molecule has 2 aromatic carbocycles. The van der Waals surface area contributed by atoms with Crippen molar-refractivity contribution in [1.29, 1.82) is 0 Å². The van der Waals surface area contributed by atoms with Crippen LogP contribution in [0.2, 0.25) is 0 Å². The van der Waals surface area contributed by atoms with Crippen molar-refractivity contribution < 1.29 is 9.21 Å². The fraction of sp³-hybridized carbons (Fsp3) is 0.143. The number of fused-ring (bicyclic) bond motifs is 1. The summed E-state index contributed by atoms with van der Waals surface area (Å²) in [7, 11) is 0. The molecular weight excluding hydrogens is 452 g/mol. The standard InChI is InChI=1S/C28H24N6O2/c35-28(22-9-16-36-19-22)31-23-4-1-20(2-5-23)21-3-6-25-26(17-21)32-27(18-30-25)34-14-12-33(13-15-34)24-7-10-29-11-8-24/h1-11,16-19H,12-15H2,(H,31,35). The maximum absolute atomic E-state index is 12.2. The Morgan fingerprint density at radius 1 is 0.833 bits per heavy atom. The Bertz CT molecular complexity index is 1480. The number of furan rings is 1. The van der Waals surface area contributed by atoms with Gasteiger partial charge in [-0.05, 0) is 53.6 Å². The van der Waals surface area contributed by atoms with Crippen LogP contribution in [0.3, 0.4) is 0 Å². The number of aromatic nitrogens is 3. The zero-order valence-electron chi connectivity index (χ0n) is 19.5. The van der Waals surface area contributed by atoms with E-state index in [4.69, 9.17) is 9.40 Å². The van der Waals surface area contributed by atoms with Crippen LogP contribution in [0.4, 0.5) is 17.2 Å². The highest BCUT2D eigenvalue weighted by Crippen LogP contribution is 2.26. The normalized spacial score (nSPS) is 13.7. The zero-order valence-corrected chi connectivity index (χ0v) is 19.5. The number of hydrogen-bond donors (Lipinski definition) is 1. The second-order valence-electron chi connectivity index (χ2n) is 8.65. The average molecular weight is 477 g/mol. The Morgan fingerprint density at radius 2 is 1.58 bits per heavy atom. The van der Waals surface area contributed by atoms with Crippen LogP contribution in [0, 0.1) is 0 Å². The summed E-state index contributed by atoms with van der Waals surface area (Å²) in [5, 5.41) is 2.88. The molecule has 1 saturated heterocycles. The molecule has 0 aliphatic carbocycles. The third-order valence-corrected chi connectivity index (χ3v) is 6.42. The van der Waals surface area contributed by atoms with Gasteiger partial charge in [-0.2, -0.15) is 0 Å². The van der Waals surface area contributed by atoms with Crippen molar-refractivity contribution in [3.8, 4) is 11.1 Å². The van der Waals surface area contributed by atoms with Gasteiger partial charge in [0.2, 0.25) is 0 Å². The Labute approximate surface area is 208 Å². The Morgan fingerprint density at radius 3 is 2.33 bits per heavy atom. The summed E-state index contributed by atoms with van der Waals surface area (Å²) in [6, 6.07) is 19.6. The van der Waals surface area contributed by atoms with Gasteiger partial charge in [0.15, 0.2) is 0 Å². The fourth-order valence-electron chi connectivity index (χ4n) is 4.43. The van der Waals surface area contributed by atoms with Gasteiger partial charge < -0.3 is 19.5 Å². The van der Waals surface area contributed by atoms with Gasteiger partial charge in [-0.25, -0.2) is 4.98 Å². The second-order valence-corrected chi connectivity index (χ2v) is 8.65. The number of pyridine rings is 1. The molecule has 8 heteroatoms. The first-order chi connectivity index (χ1) is 17.7. The third kappa shape index (κ3) is 4.48. The minimum Gasteiger partial charge on any atom is -0.472 e. The summed E-state index contributed by atoms with van der Waals surface area (Å²) in [5.74, 6) is 0.693. The summed E-state index contributed by atoms with van der Waals surface area (Å²) in [5.41, 5.74) is 6.22. The summed E-state index contributed by atoms with van der Waals surface area (Å²) >= 11 is 0. The van der Waals surface area contributed by atoms with Crippen molar-refractivity contribution in [3.63, 3.8) is 0 Å². The highest BCUT2D eigenvalue weighted by molar-refractivity contribution is 6.04. The number of anilines is 3. The summed E-state index contributed by atoms with van der Waals surface area (Å²) in [6.07, 6.45) is 8.43. The van der Waals surface area contributed by atoms with Crippen molar-refractivity contribution in [2.45, 2.75) is 0 Å². The lowest BCUT2D eigenvalue weighted by Gasteiger charge is -2.36. The van der Waals surface area contributed by atoms with Gasteiger partial charge in [0.05, 0.1) is 29.1 Å². The van der Waals surface area contributed by atoms with E-state index in [0.717, 1.165) is 59.8 Å². The van der Waals surface area contributed by atoms with E-state index in [1.165, 1.54) is 18.2 Å². The number of benzene rings is 2. The highest BCUT2D eigenvalue weighted by Gasteiger charge is 2.19. The molecule has 8 nitrogen and oxygen atoms in total. The lowest BCUT2D eigenvalue weighted by molar-refractivity contribution is 0.102. The van der Waals surface area contributed by atoms with Crippen LogP contribution in [0.1, 0.15) is 10.4 Å². The van der Waals surface area contributed by atoms with E-state index in [1.54, 1.807) is 6.07 Å². The minimum absolute atomic E-state index is 0.202. The number of carbonyl (C=O) groups is 1. The number of nitrogens with one attached hydrogen (secondary N) is 1. The van der Waals surface area contributed by atoms with E-state index in [0.29, 0.717) is 5.56 Å². The van der Waals surface area contributed by atoms with Gasteiger partial charge >= 0.3 is 0 Å². The molecule has 178 valence electrons. The second kappa shape index (κ2) is 9.50. The van der Waals surface area contributed by atoms with Crippen LogP contribution in [0.15, 0.2) is 96.2 Å². The van der Waals surface area contributed by atoms with Crippen molar-refractivity contribution in [3.05, 3.63) is 97.3 Å². The molecule has 0 radical (unpaired) electrons. The highest BCUT2D eigenvalue weighted by atomic mass is 16.3. The molecule has 1 aliphatic heterocycles.